The van der Waals surface area contributed by atoms with Crippen molar-refractivity contribution in [1.82, 2.24) is 14.9 Å². The van der Waals surface area contributed by atoms with E-state index in [1.165, 1.54) is 11.1 Å². The third-order valence-electron chi connectivity index (χ3n) is 3.08. The van der Waals surface area contributed by atoms with Crippen LogP contribution < -0.4 is 5.32 Å². The summed E-state index contributed by atoms with van der Waals surface area (Å²) in [6.07, 6.45) is 9.25. The third kappa shape index (κ3) is 2.56. The fourth-order valence-electron chi connectivity index (χ4n) is 2.14. The molecule has 1 atom stereocenters. The van der Waals surface area contributed by atoms with Gasteiger partial charge in [-0.25, -0.2) is 4.52 Å². The molecule has 3 heteroatoms. The first-order valence-electron chi connectivity index (χ1n) is 6.07. The molecule has 0 fully saturated rings. The van der Waals surface area contributed by atoms with E-state index in [0.29, 0.717) is 6.04 Å². The van der Waals surface area contributed by atoms with Crippen molar-refractivity contribution in [1.29, 1.82) is 0 Å². The molecule has 90 valence electrons. The van der Waals surface area contributed by atoms with Crippen LogP contribution in [0.4, 0.5) is 0 Å². The standard InChI is InChI=1S/C14H19N3/c1-3-4-5-8-13(15-2)12-11-16-17-10-7-6-9-14(12)17/h3,6-7,9-11,13,15H,1,4-5,8H2,2H3. The minimum absolute atomic E-state index is 0.370. The molecule has 0 aliphatic carbocycles. The predicted molar refractivity (Wildman–Crippen MR) is 71.0 cm³/mol. The van der Waals surface area contributed by atoms with Crippen molar-refractivity contribution in [2.75, 3.05) is 7.05 Å². The minimum atomic E-state index is 0.370. The number of unbranched alkanes of at least 4 members (excludes halogenated alkanes) is 1. The summed E-state index contributed by atoms with van der Waals surface area (Å²) in [6, 6.07) is 6.53. The van der Waals surface area contributed by atoms with Gasteiger partial charge < -0.3 is 5.32 Å². The van der Waals surface area contributed by atoms with E-state index in [-0.39, 0.29) is 0 Å². The largest absolute Gasteiger partial charge is 0.313 e. The highest BCUT2D eigenvalue weighted by Crippen LogP contribution is 2.23. The summed E-state index contributed by atoms with van der Waals surface area (Å²) in [5.74, 6) is 0. The van der Waals surface area contributed by atoms with E-state index in [2.05, 4.69) is 29.1 Å². The fourth-order valence-corrected chi connectivity index (χ4v) is 2.14. The molecule has 2 rings (SSSR count). The smallest absolute Gasteiger partial charge is 0.0709 e. The van der Waals surface area contributed by atoms with Gasteiger partial charge in [0.05, 0.1) is 11.7 Å². The molecule has 3 nitrogen and oxygen atoms in total. The van der Waals surface area contributed by atoms with Gasteiger partial charge in [-0.15, -0.1) is 6.58 Å². The summed E-state index contributed by atoms with van der Waals surface area (Å²) in [5, 5.41) is 7.74. The molecule has 0 spiro atoms. The molecule has 0 radical (unpaired) electrons. The highest BCUT2D eigenvalue weighted by Gasteiger charge is 2.13. The SMILES string of the molecule is C=CCCCC(NC)c1cnn2ccccc12. The Morgan fingerprint density at radius 1 is 1.53 bits per heavy atom. The molecule has 0 saturated carbocycles. The van der Waals surface area contributed by atoms with Crippen molar-refractivity contribution in [3.63, 3.8) is 0 Å². The van der Waals surface area contributed by atoms with E-state index < -0.39 is 0 Å². The Labute approximate surface area is 102 Å². The van der Waals surface area contributed by atoms with Gasteiger partial charge in [-0.1, -0.05) is 12.1 Å². The maximum Gasteiger partial charge on any atom is 0.0709 e. The van der Waals surface area contributed by atoms with Gasteiger partial charge in [0.25, 0.3) is 0 Å². The van der Waals surface area contributed by atoms with Crippen LogP contribution in [0.25, 0.3) is 5.52 Å². The van der Waals surface area contributed by atoms with E-state index in [0.717, 1.165) is 19.3 Å². The Kier molecular flexibility index (Phi) is 3.94. The molecule has 0 saturated heterocycles. The Morgan fingerprint density at radius 3 is 3.18 bits per heavy atom. The lowest BCUT2D eigenvalue weighted by Gasteiger charge is -2.14. The molecule has 2 heterocycles. The predicted octanol–water partition coefficient (Wildman–Crippen LogP) is 2.95. The Bertz CT molecular complexity index is 487. The summed E-state index contributed by atoms with van der Waals surface area (Å²) in [6.45, 7) is 3.76. The second-order valence-corrected chi connectivity index (χ2v) is 4.19. The average molecular weight is 229 g/mol. The topological polar surface area (TPSA) is 29.3 Å². The lowest BCUT2D eigenvalue weighted by molar-refractivity contribution is 0.533. The molecule has 1 unspecified atom stereocenters. The zero-order chi connectivity index (χ0) is 12.1. The zero-order valence-electron chi connectivity index (χ0n) is 10.3. The normalized spacial score (nSPS) is 12.8. The molecule has 17 heavy (non-hydrogen) atoms. The number of nitrogens with one attached hydrogen (secondary N) is 1. The maximum absolute atomic E-state index is 4.37. The number of rotatable bonds is 6. The van der Waals surface area contributed by atoms with E-state index in [1.54, 1.807) is 0 Å². The first kappa shape index (κ1) is 11.9. The van der Waals surface area contributed by atoms with Gasteiger partial charge in [0.1, 0.15) is 0 Å². The fraction of sp³-hybridized carbons (Fsp3) is 0.357. The number of hydrogen-bond acceptors (Lipinski definition) is 2. The minimum Gasteiger partial charge on any atom is -0.313 e. The molecular weight excluding hydrogens is 210 g/mol. The molecule has 0 bridgehead atoms. The lowest BCUT2D eigenvalue weighted by Crippen LogP contribution is -2.16. The molecule has 0 aliphatic rings. The molecule has 0 aliphatic heterocycles. The van der Waals surface area contributed by atoms with Crippen LogP contribution in [-0.4, -0.2) is 16.7 Å². The van der Waals surface area contributed by atoms with E-state index in [1.807, 2.05) is 36.1 Å². The van der Waals surface area contributed by atoms with Crippen LogP contribution in [-0.2, 0) is 0 Å². The van der Waals surface area contributed by atoms with E-state index in [4.69, 9.17) is 0 Å². The number of aromatic nitrogens is 2. The van der Waals surface area contributed by atoms with Crippen molar-refractivity contribution >= 4 is 5.52 Å². The van der Waals surface area contributed by atoms with Gasteiger partial charge >= 0.3 is 0 Å². The van der Waals surface area contributed by atoms with Crippen molar-refractivity contribution < 1.29 is 0 Å². The van der Waals surface area contributed by atoms with Crippen molar-refractivity contribution in [2.24, 2.45) is 0 Å². The molecule has 0 aromatic carbocycles. The van der Waals surface area contributed by atoms with E-state index >= 15 is 0 Å². The number of fused-ring (bicyclic) bond motifs is 1. The second-order valence-electron chi connectivity index (χ2n) is 4.19. The number of pyridine rings is 1. The van der Waals surface area contributed by atoms with Crippen LogP contribution in [0.15, 0.2) is 43.2 Å². The monoisotopic (exact) mass is 229 g/mol. The van der Waals surface area contributed by atoms with Gasteiger partial charge in [0, 0.05) is 17.8 Å². The average Bonchev–Trinajstić information content (AvgIpc) is 2.79. The van der Waals surface area contributed by atoms with Crippen LogP contribution >= 0.6 is 0 Å². The van der Waals surface area contributed by atoms with Gasteiger partial charge in [-0.3, -0.25) is 0 Å². The number of hydrogen-bond donors (Lipinski definition) is 1. The van der Waals surface area contributed by atoms with Crippen LogP contribution in [0.1, 0.15) is 30.9 Å². The van der Waals surface area contributed by atoms with Gasteiger partial charge in [0.15, 0.2) is 0 Å². The van der Waals surface area contributed by atoms with E-state index in [9.17, 15) is 0 Å². The molecule has 1 N–H and O–H groups in total. The maximum atomic E-state index is 4.37. The van der Waals surface area contributed by atoms with Crippen LogP contribution in [0.3, 0.4) is 0 Å². The molecule has 0 amide bonds. The van der Waals surface area contributed by atoms with Gasteiger partial charge in [0.2, 0.25) is 0 Å². The first-order chi connectivity index (χ1) is 8.36. The Morgan fingerprint density at radius 2 is 2.41 bits per heavy atom. The third-order valence-corrected chi connectivity index (χ3v) is 3.08. The van der Waals surface area contributed by atoms with Crippen molar-refractivity contribution in [3.05, 3.63) is 48.8 Å². The number of allylic oxidation sites excluding steroid dienone is 1. The number of nitrogens with zero attached hydrogens (tertiary/aromatic N) is 2. The summed E-state index contributed by atoms with van der Waals surface area (Å²) in [5.41, 5.74) is 2.46. The summed E-state index contributed by atoms with van der Waals surface area (Å²) >= 11 is 0. The molecular formula is C14H19N3. The second kappa shape index (κ2) is 5.64. The highest BCUT2D eigenvalue weighted by molar-refractivity contribution is 5.54. The summed E-state index contributed by atoms with van der Waals surface area (Å²) in [4.78, 5) is 0. The van der Waals surface area contributed by atoms with Gasteiger partial charge in [-0.2, -0.15) is 5.10 Å². The summed E-state index contributed by atoms with van der Waals surface area (Å²) < 4.78 is 1.92. The quantitative estimate of drug-likeness (QED) is 0.609. The van der Waals surface area contributed by atoms with Crippen molar-refractivity contribution in [3.8, 4) is 0 Å². The Hall–Kier alpha value is -1.61. The molecule has 2 aromatic heterocycles. The molecule has 2 aromatic rings. The van der Waals surface area contributed by atoms with Crippen LogP contribution in [0, 0.1) is 0 Å². The lowest BCUT2D eigenvalue weighted by atomic mass is 10.0. The van der Waals surface area contributed by atoms with Gasteiger partial charge in [-0.05, 0) is 38.4 Å². The van der Waals surface area contributed by atoms with Crippen molar-refractivity contribution in [2.45, 2.75) is 25.3 Å². The highest BCUT2D eigenvalue weighted by atomic mass is 15.2. The zero-order valence-corrected chi connectivity index (χ0v) is 10.3. The first-order valence-corrected chi connectivity index (χ1v) is 6.07. The summed E-state index contributed by atoms with van der Waals surface area (Å²) in [7, 11) is 2.00. The van der Waals surface area contributed by atoms with Crippen LogP contribution in [0.2, 0.25) is 0 Å². The van der Waals surface area contributed by atoms with Crippen LogP contribution in [0.5, 0.6) is 0 Å². The Balaban J connectivity index is 2.20.